The first-order valence-corrected chi connectivity index (χ1v) is 13.8. The van der Waals surface area contributed by atoms with Gasteiger partial charge in [-0.15, -0.1) is 0 Å². The number of hydrogen-bond donors (Lipinski definition) is 1. The normalized spacial score (nSPS) is 16.6. The lowest BCUT2D eigenvalue weighted by molar-refractivity contribution is -0.133. The average Bonchev–Trinajstić information content (AvgIpc) is 3.46. The third-order valence-electron chi connectivity index (χ3n) is 8.19. The fraction of sp³-hybridized carbons (Fsp3) is 0.467. The molecule has 8 heteroatoms. The highest BCUT2D eigenvalue weighted by Gasteiger charge is 2.24. The highest BCUT2D eigenvalue weighted by Crippen LogP contribution is 2.22. The summed E-state index contributed by atoms with van der Waals surface area (Å²) in [6.45, 7) is -0.0629. The summed E-state index contributed by atoms with van der Waals surface area (Å²) < 4.78 is 2.60. The number of carbonyl (C=O) groups is 2. The fourth-order valence-electron chi connectivity index (χ4n) is 5.86. The summed E-state index contributed by atoms with van der Waals surface area (Å²) in [5.41, 5.74) is 0.845. The molecule has 5 rings (SSSR count). The second-order valence-corrected chi connectivity index (χ2v) is 10.7. The van der Waals surface area contributed by atoms with Gasteiger partial charge < -0.3 is 10.2 Å². The molecule has 1 heterocycles. The highest BCUT2D eigenvalue weighted by atomic mass is 16.2. The molecule has 2 saturated carbocycles. The molecule has 0 spiro atoms. The van der Waals surface area contributed by atoms with E-state index in [0.29, 0.717) is 16.5 Å². The van der Waals surface area contributed by atoms with Crippen LogP contribution in [0.15, 0.2) is 58.1 Å². The van der Waals surface area contributed by atoms with E-state index in [1.54, 1.807) is 53.4 Å². The summed E-state index contributed by atoms with van der Waals surface area (Å²) in [4.78, 5) is 54.5. The fourth-order valence-corrected chi connectivity index (χ4v) is 5.86. The largest absolute Gasteiger partial charge is 0.349 e. The molecule has 0 radical (unpaired) electrons. The topological polar surface area (TPSA) is 93.4 Å². The van der Waals surface area contributed by atoms with Gasteiger partial charge in [-0.2, -0.15) is 0 Å². The number of nitrogens with zero attached hydrogens (tertiary/aromatic N) is 3. The Morgan fingerprint density at radius 3 is 2.24 bits per heavy atom. The molecule has 1 N–H and O–H groups in total. The van der Waals surface area contributed by atoms with E-state index in [1.807, 2.05) is 7.05 Å². The van der Waals surface area contributed by atoms with Gasteiger partial charge in [0.25, 0.3) is 11.5 Å². The molecule has 2 aliphatic rings. The maximum atomic E-state index is 13.6. The molecule has 2 aliphatic carbocycles. The molecular weight excluding hydrogens is 480 g/mol. The molecule has 2 aromatic carbocycles. The number of nitrogens with one attached hydrogen (secondary N) is 1. The zero-order chi connectivity index (χ0) is 26.6. The van der Waals surface area contributed by atoms with Crippen LogP contribution < -0.4 is 16.6 Å². The lowest BCUT2D eigenvalue weighted by Gasteiger charge is -2.31. The Hall–Kier alpha value is -3.68. The maximum Gasteiger partial charge on any atom is 0.332 e. The van der Waals surface area contributed by atoms with Crippen LogP contribution in [0.5, 0.6) is 0 Å². The number of hydrogen-bond acceptors (Lipinski definition) is 4. The van der Waals surface area contributed by atoms with Crippen molar-refractivity contribution in [3.05, 3.63) is 80.5 Å². The molecule has 8 nitrogen and oxygen atoms in total. The van der Waals surface area contributed by atoms with E-state index in [4.69, 9.17) is 0 Å². The molecule has 0 atom stereocenters. The van der Waals surface area contributed by atoms with Crippen LogP contribution >= 0.6 is 0 Å². The van der Waals surface area contributed by atoms with Crippen molar-refractivity contribution < 1.29 is 9.59 Å². The minimum Gasteiger partial charge on any atom is -0.349 e. The van der Waals surface area contributed by atoms with Gasteiger partial charge in [0.1, 0.15) is 6.54 Å². The van der Waals surface area contributed by atoms with Crippen molar-refractivity contribution in [2.45, 2.75) is 83.0 Å². The molecule has 1 aromatic heterocycles. The first-order valence-electron chi connectivity index (χ1n) is 13.8. The summed E-state index contributed by atoms with van der Waals surface area (Å²) in [6.07, 6.45) is 9.68. The van der Waals surface area contributed by atoms with E-state index in [2.05, 4.69) is 5.32 Å². The maximum absolute atomic E-state index is 13.6. The minimum absolute atomic E-state index is 0.0552. The third-order valence-corrected chi connectivity index (χ3v) is 8.19. The van der Waals surface area contributed by atoms with Crippen molar-refractivity contribution in [2.75, 3.05) is 7.05 Å². The Morgan fingerprint density at radius 2 is 1.53 bits per heavy atom. The molecule has 3 aromatic rings. The molecule has 0 aliphatic heterocycles. The van der Waals surface area contributed by atoms with Gasteiger partial charge in [-0.05, 0) is 55.5 Å². The standard InChI is InChI=1S/C30H36N4O4/c1-32(24-11-3-2-4-12-24)27(35)20-33-26-14-8-7-13-25(26)29(37)34(30(33)38)19-21-15-17-22(18-16-21)28(36)31-23-9-5-6-10-23/h7-8,13-18,23-24H,2-6,9-12,19-20H2,1H3,(H,31,36). The molecule has 0 unspecified atom stereocenters. The average molecular weight is 517 g/mol. The number of para-hydroxylation sites is 1. The first-order chi connectivity index (χ1) is 18.4. The lowest BCUT2D eigenvalue weighted by Crippen LogP contribution is -2.45. The smallest absolute Gasteiger partial charge is 0.332 e. The van der Waals surface area contributed by atoms with Crippen molar-refractivity contribution in [2.24, 2.45) is 0 Å². The number of carbonyl (C=O) groups excluding carboxylic acids is 2. The second-order valence-electron chi connectivity index (χ2n) is 10.7. The van der Waals surface area contributed by atoms with E-state index >= 15 is 0 Å². The SMILES string of the molecule is CN(C(=O)Cn1c(=O)n(Cc2ccc(C(=O)NC3CCCC3)cc2)c(=O)c2ccccc21)C1CCCCC1. The molecule has 0 bridgehead atoms. The minimum atomic E-state index is -0.512. The second kappa shape index (κ2) is 11.4. The van der Waals surface area contributed by atoms with Crippen LogP contribution in [0.2, 0.25) is 0 Å². The quantitative estimate of drug-likeness (QED) is 0.519. The Kier molecular flexibility index (Phi) is 7.77. The predicted octanol–water partition coefficient (Wildman–Crippen LogP) is 3.68. The predicted molar refractivity (Wildman–Crippen MR) is 147 cm³/mol. The van der Waals surface area contributed by atoms with Crippen LogP contribution in [0.25, 0.3) is 10.9 Å². The van der Waals surface area contributed by atoms with Crippen molar-refractivity contribution in [3.8, 4) is 0 Å². The van der Waals surface area contributed by atoms with Gasteiger partial charge in [-0.3, -0.25) is 23.5 Å². The van der Waals surface area contributed by atoms with Crippen molar-refractivity contribution in [1.82, 2.24) is 19.4 Å². The van der Waals surface area contributed by atoms with Crippen LogP contribution in [0, 0.1) is 0 Å². The highest BCUT2D eigenvalue weighted by molar-refractivity contribution is 5.94. The lowest BCUT2D eigenvalue weighted by atomic mass is 9.94. The monoisotopic (exact) mass is 516 g/mol. The number of rotatable bonds is 7. The zero-order valence-electron chi connectivity index (χ0n) is 22.0. The van der Waals surface area contributed by atoms with Crippen LogP contribution in [0.3, 0.4) is 0 Å². The van der Waals surface area contributed by atoms with Crippen LogP contribution in [0.1, 0.15) is 73.7 Å². The molecular formula is C30H36N4O4. The summed E-state index contributed by atoms with van der Waals surface area (Å²) in [7, 11) is 1.81. The Balaban J connectivity index is 1.40. The van der Waals surface area contributed by atoms with Gasteiger partial charge in [0, 0.05) is 24.7 Å². The van der Waals surface area contributed by atoms with Crippen LogP contribution in [-0.4, -0.2) is 45.0 Å². The summed E-state index contributed by atoms with van der Waals surface area (Å²) in [5, 5.41) is 3.47. The van der Waals surface area contributed by atoms with E-state index in [1.165, 1.54) is 15.6 Å². The zero-order valence-corrected chi connectivity index (χ0v) is 22.0. The number of fused-ring (bicyclic) bond motifs is 1. The Labute approximate surface area is 222 Å². The molecule has 2 amide bonds. The van der Waals surface area contributed by atoms with E-state index < -0.39 is 11.2 Å². The van der Waals surface area contributed by atoms with Crippen molar-refractivity contribution >= 4 is 22.7 Å². The van der Waals surface area contributed by atoms with Gasteiger partial charge in [0.15, 0.2) is 0 Å². The molecule has 0 saturated heterocycles. The molecule has 2 fully saturated rings. The van der Waals surface area contributed by atoms with Gasteiger partial charge in [-0.25, -0.2) is 4.79 Å². The summed E-state index contributed by atoms with van der Waals surface area (Å²) in [6, 6.07) is 14.4. The first kappa shape index (κ1) is 25.9. The van der Waals surface area contributed by atoms with Crippen molar-refractivity contribution in [1.29, 1.82) is 0 Å². The summed E-state index contributed by atoms with van der Waals surface area (Å²) >= 11 is 0. The molecule has 38 heavy (non-hydrogen) atoms. The van der Waals surface area contributed by atoms with Crippen molar-refractivity contribution in [3.63, 3.8) is 0 Å². The number of benzene rings is 2. The molecule has 200 valence electrons. The third kappa shape index (κ3) is 5.44. The van der Waals surface area contributed by atoms with Gasteiger partial charge in [-0.1, -0.05) is 56.4 Å². The Bertz CT molecular complexity index is 1430. The van der Waals surface area contributed by atoms with Gasteiger partial charge >= 0.3 is 5.69 Å². The Morgan fingerprint density at radius 1 is 0.868 bits per heavy atom. The van der Waals surface area contributed by atoms with Gasteiger partial charge in [0.2, 0.25) is 5.91 Å². The van der Waals surface area contributed by atoms with Crippen LogP contribution in [-0.2, 0) is 17.9 Å². The van der Waals surface area contributed by atoms with E-state index in [0.717, 1.165) is 56.9 Å². The number of likely N-dealkylation sites (N-methyl/N-ethyl adjacent to an activating group) is 1. The summed E-state index contributed by atoms with van der Waals surface area (Å²) in [5.74, 6) is -0.235. The number of amides is 2. The van der Waals surface area contributed by atoms with Crippen LogP contribution in [0.4, 0.5) is 0 Å². The van der Waals surface area contributed by atoms with E-state index in [-0.39, 0.29) is 37.0 Å². The van der Waals surface area contributed by atoms with E-state index in [9.17, 15) is 19.2 Å². The van der Waals surface area contributed by atoms with Gasteiger partial charge in [0.05, 0.1) is 17.4 Å². The number of aromatic nitrogens is 2.